The summed E-state index contributed by atoms with van der Waals surface area (Å²) in [6, 6.07) is 97.5. The Morgan fingerprint density at radius 2 is 0.547 bits per heavy atom. The molecule has 0 saturated carbocycles. The van der Waals surface area contributed by atoms with Crippen molar-refractivity contribution in [2.75, 3.05) is 0 Å². The van der Waals surface area contributed by atoms with E-state index in [2.05, 4.69) is 182 Å². The molecule has 0 N–H and O–H groups in total. The largest absolute Gasteiger partial charge is 0.305 e. The molecule has 11 nitrogen and oxygen atoms in total. The number of benzene rings is 12. The molecule has 0 aliphatic rings. The van der Waals surface area contributed by atoms with E-state index in [1.165, 1.54) is 0 Å². The molecule has 434 valence electrons. The van der Waals surface area contributed by atoms with Crippen molar-refractivity contribution in [1.82, 2.24) is 23.3 Å². The normalized spacial score (nSPS) is 11.5. The Balaban J connectivity index is 1.15. The number of nitrogens with zero attached hydrogens (tertiary/aromatic N) is 11. The summed E-state index contributed by atoms with van der Waals surface area (Å²) in [6.45, 7) is 0. The van der Waals surface area contributed by atoms with Crippen LogP contribution in [0.15, 0.2) is 249 Å². The van der Waals surface area contributed by atoms with Crippen LogP contribution < -0.4 is 0 Å². The highest BCUT2D eigenvalue weighted by molar-refractivity contribution is 7.25. The van der Waals surface area contributed by atoms with E-state index in [9.17, 15) is 31.6 Å². The van der Waals surface area contributed by atoms with Gasteiger partial charge in [0.2, 0.25) is 0 Å². The lowest BCUT2D eigenvalue weighted by Crippen LogP contribution is -2.16. The number of rotatable bonds is 7. The third kappa shape index (κ3) is 8.08. The molecule has 12 heteroatoms. The Morgan fingerprint density at radius 1 is 0.242 bits per heavy atom. The fourth-order valence-electron chi connectivity index (χ4n) is 14.5. The lowest BCUT2D eigenvalue weighted by molar-refractivity contribution is 0.961. The molecule has 0 unspecified atom stereocenters. The van der Waals surface area contributed by atoms with Gasteiger partial charge in [-0.25, -0.2) is 4.98 Å². The Hall–Kier alpha value is -13.9. The molecular formula is C83H41N11S. The molecule has 0 saturated heterocycles. The lowest BCUT2D eigenvalue weighted by Gasteiger charge is -2.27. The van der Waals surface area contributed by atoms with Crippen molar-refractivity contribution in [2.45, 2.75) is 0 Å². The van der Waals surface area contributed by atoms with Crippen molar-refractivity contribution in [3.05, 3.63) is 282 Å². The van der Waals surface area contributed by atoms with Gasteiger partial charge in [-0.1, -0.05) is 103 Å². The Kier molecular flexibility index (Phi) is 11.9. The quantitative estimate of drug-likeness (QED) is 0.152. The first-order chi connectivity index (χ1) is 46.8. The minimum absolute atomic E-state index is 0.434. The summed E-state index contributed by atoms with van der Waals surface area (Å²) in [7, 11) is 0. The zero-order valence-electron chi connectivity index (χ0n) is 50.0. The summed E-state index contributed by atoms with van der Waals surface area (Å²) in [5, 5.41) is 72.5. The van der Waals surface area contributed by atoms with Crippen LogP contribution in [0.4, 0.5) is 0 Å². The third-order valence-corrected chi connectivity index (χ3v) is 19.8. The van der Waals surface area contributed by atoms with Gasteiger partial charge in [0.25, 0.3) is 0 Å². The summed E-state index contributed by atoms with van der Waals surface area (Å²) in [4.78, 5) is 6.41. The fourth-order valence-corrected chi connectivity index (χ4v) is 15.6. The van der Waals surface area contributed by atoms with Crippen LogP contribution in [-0.4, -0.2) is 23.3 Å². The van der Waals surface area contributed by atoms with Crippen molar-refractivity contribution < 1.29 is 0 Å². The van der Waals surface area contributed by atoms with E-state index in [0.717, 1.165) is 130 Å². The average molecular weight is 1220 g/mol. The molecule has 0 radical (unpaired) electrons. The smallest absolute Gasteiger partial charge is 0.165 e. The predicted octanol–water partition coefficient (Wildman–Crippen LogP) is 20.1. The van der Waals surface area contributed by atoms with Gasteiger partial charge in [-0.15, -0.1) is 11.3 Å². The number of hydrogen-bond donors (Lipinski definition) is 0. The molecule has 0 aliphatic carbocycles. The summed E-state index contributed by atoms with van der Waals surface area (Å²) in [6.07, 6.45) is 0. The summed E-state index contributed by atoms with van der Waals surface area (Å²) in [5.41, 5.74) is 15.6. The van der Waals surface area contributed by atoms with Crippen LogP contribution in [0, 0.1) is 68.0 Å². The van der Waals surface area contributed by atoms with Gasteiger partial charge in [0.05, 0.1) is 114 Å². The SMILES string of the molecule is N#Cc1ccc2c(c1)c1cc(C#N)ccc1n2-c1nc(-n2c3ccc(-c4ccccc4)cc3c3cc(-c4ccccc4)ccc32)c(-n2c3ccc(C#N)cc3c3cc(C#N)ccc32)c(-c2ccc3c(c2)sc2ccccc23)c1-n1c2ccc(C#N)cc2c2cc(C#N)ccc21. The second-order valence-electron chi connectivity index (χ2n) is 23.7. The molecule has 0 aliphatic heterocycles. The molecule has 0 amide bonds. The number of hydrogen-bond acceptors (Lipinski definition) is 8. The maximum atomic E-state index is 10.7. The van der Waals surface area contributed by atoms with Crippen LogP contribution in [0.1, 0.15) is 33.4 Å². The Labute approximate surface area is 545 Å². The summed E-state index contributed by atoms with van der Waals surface area (Å²) < 4.78 is 11.1. The minimum atomic E-state index is 0.434. The molecule has 12 aromatic carbocycles. The molecule has 6 heterocycles. The maximum Gasteiger partial charge on any atom is 0.165 e. The number of fused-ring (bicyclic) bond motifs is 15. The van der Waals surface area contributed by atoms with Gasteiger partial charge in [0, 0.05) is 68.8 Å². The Bertz CT molecular complexity index is 6420. The zero-order chi connectivity index (χ0) is 63.7. The first-order valence-electron chi connectivity index (χ1n) is 30.7. The highest BCUT2D eigenvalue weighted by Gasteiger charge is 2.34. The van der Waals surface area contributed by atoms with E-state index in [-0.39, 0.29) is 0 Å². The van der Waals surface area contributed by atoms with E-state index in [4.69, 9.17) is 4.98 Å². The van der Waals surface area contributed by atoms with Crippen molar-refractivity contribution in [1.29, 1.82) is 31.6 Å². The zero-order valence-corrected chi connectivity index (χ0v) is 50.8. The van der Waals surface area contributed by atoms with Crippen molar-refractivity contribution in [3.63, 3.8) is 0 Å². The molecule has 0 bridgehead atoms. The van der Waals surface area contributed by atoms with Gasteiger partial charge < -0.3 is 9.13 Å². The van der Waals surface area contributed by atoms with E-state index >= 15 is 0 Å². The van der Waals surface area contributed by atoms with Gasteiger partial charge in [-0.05, 0) is 173 Å². The second-order valence-corrected chi connectivity index (χ2v) is 24.8. The number of nitriles is 6. The number of pyridine rings is 1. The molecular weight excluding hydrogens is 1180 g/mol. The van der Waals surface area contributed by atoms with Crippen LogP contribution >= 0.6 is 11.3 Å². The average Bonchev–Trinajstić information content (AvgIpc) is 1.57. The first kappa shape index (κ1) is 54.1. The topological polar surface area (TPSA) is 175 Å². The molecule has 6 aromatic heterocycles. The maximum absolute atomic E-state index is 10.7. The highest BCUT2D eigenvalue weighted by atomic mass is 32.1. The van der Waals surface area contributed by atoms with Gasteiger partial charge in [-0.2, -0.15) is 31.6 Å². The van der Waals surface area contributed by atoms with E-state index in [1.807, 2.05) is 121 Å². The van der Waals surface area contributed by atoms with Crippen LogP contribution in [0.25, 0.3) is 164 Å². The predicted molar refractivity (Wildman–Crippen MR) is 379 cm³/mol. The first-order valence-corrected chi connectivity index (χ1v) is 31.5. The van der Waals surface area contributed by atoms with Crippen LogP contribution in [0.2, 0.25) is 0 Å². The van der Waals surface area contributed by atoms with E-state index in [0.29, 0.717) is 67.4 Å². The van der Waals surface area contributed by atoms with Gasteiger partial charge >= 0.3 is 0 Å². The summed E-state index contributed by atoms with van der Waals surface area (Å²) >= 11 is 1.71. The fraction of sp³-hybridized carbons (Fsp3) is 0. The molecule has 0 atom stereocenters. The van der Waals surface area contributed by atoms with Crippen molar-refractivity contribution in [3.8, 4) is 92.8 Å². The molecule has 0 spiro atoms. The van der Waals surface area contributed by atoms with E-state index < -0.39 is 0 Å². The molecule has 18 aromatic rings. The molecule has 18 rings (SSSR count). The second kappa shape index (κ2) is 20.9. The molecule has 95 heavy (non-hydrogen) atoms. The van der Waals surface area contributed by atoms with Crippen molar-refractivity contribution in [2.24, 2.45) is 0 Å². The van der Waals surface area contributed by atoms with Crippen molar-refractivity contribution >= 4 is 119 Å². The van der Waals surface area contributed by atoms with Gasteiger partial charge in [0.15, 0.2) is 11.6 Å². The highest BCUT2D eigenvalue weighted by Crippen LogP contribution is 2.51. The summed E-state index contributed by atoms with van der Waals surface area (Å²) in [5.74, 6) is 0.979. The minimum Gasteiger partial charge on any atom is -0.305 e. The van der Waals surface area contributed by atoms with Gasteiger partial charge in [-0.3, -0.25) is 9.13 Å². The monoisotopic (exact) mass is 1220 g/mol. The Morgan fingerprint density at radius 3 is 0.916 bits per heavy atom. The van der Waals surface area contributed by atoms with Gasteiger partial charge in [0.1, 0.15) is 11.4 Å². The lowest BCUT2D eigenvalue weighted by atomic mass is 9.99. The third-order valence-electron chi connectivity index (χ3n) is 18.7. The van der Waals surface area contributed by atoms with E-state index in [1.54, 1.807) is 11.3 Å². The van der Waals surface area contributed by atoms with Crippen LogP contribution in [0.5, 0.6) is 0 Å². The standard InChI is InChI=1S/C83H41N11S/c84-42-48-15-25-69-61(33-48)62-34-49(43-85)16-26-70(62)91(69)80-79(58-21-24-60-59-13-7-8-14-77(59)95-78(60)41-58)81(92-71-27-17-50(44-86)35-63(71)64-36-51(45-87)18-28-72(64)92)83(90-82(80)93-73-29-19-52(46-88)37-65(73)66-38-53(47-89)20-30-74(66)93)94-75-31-22-56(54-9-3-1-4-10-54)39-67(75)68-40-57(23-32-76(68)94)55-11-5-2-6-12-55/h1-41H. The van der Waals surface area contributed by atoms with Crippen LogP contribution in [-0.2, 0) is 0 Å². The van der Waals surface area contributed by atoms with Crippen LogP contribution in [0.3, 0.4) is 0 Å². The number of aromatic nitrogens is 5. The number of thiophene rings is 1. The molecule has 0 fully saturated rings.